The second kappa shape index (κ2) is 5.17. The molecule has 1 aromatic carbocycles. The maximum absolute atomic E-state index is 10.7. The van der Waals surface area contributed by atoms with Crippen LogP contribution in [-0.4, -0.2) is 36.2 Å². The molecule has 3 heteroatoms. The van der Waals surface area contributed by atoms with Crippen molar-refractivity contribution in [1.29, 1.82) is 0 Å². The highest BCUT2D eigenvalue weighted by molar-refractivity contribution is 5.28. The third kappa shape index (κ3) is 2.86. The molecule has 0 aliphatic carbocycles. The van der Waals surface area contributed by atoms with Crippen LogP contribution in [0, 0.1) is 6.92 Å². The van der Waals surface area contributed by atoms with E-state index in [0.29, 0.717) is 6.54 Å². The lowest BCUT2D eigenvalue weighted by Crippen LogP contribution is -2.44. The summed E-state index contributed by atoms with van der Waals surface area (Å²) in [5.41, 5.74) is 7.18. The Bertz CT molecular complexity index is 370. The summed E-state index contributed by atoms with van der Waals surface area (Å²) in [5.74, 6) is 0. The lowest BCUT2D eigenvalue weighted by atomic mass is 9.84. The van der Waals surface area contributed by atoms with Gasteiger partial charge < -0.3 is 15.7 Å². The molecular weight excluding hydrogens is 212 g/mol. The van der Waals surface area contributed by atoms with Gasteiger partial charge in [0.15, 0.2) is 0 Å². The molecule has 1 aromatic rings. The zero-order valence-electron chi connectivity index (χ0n) is 10.5. The Morgan fingerprint density at radius 1 is 1.35 bits per heavy atom. The SMILES string of the molecule is Cc1cccc(C2(O)CCN(CCN)CC2)c1. The van der Waals surface area contributed by atoms with Crippen LogP contribution in [0.25, 0.3) is 0 Å². The van der Waals surface area contributed by atoms with Crippen LogP contribution in [-0.2, 0) is 5.60 Å². The molecular formula is C14H22N2O. The highest BCUT2D eigenvalue weighted by Gasteiger charge is 2.33. The molecule has 1 aliphatic heterocycles. The monoisotopic (exact) mass is 234 g/mol. The van der Waals surface area contributed by atoms with Gasteiger partial charge in [-0.25, -0.2) is 0 Å². The summed E-state index contributed by atoms with van der Waals surface area (Å²) >= 11 is 0. The summed E-state index contributed by atoms with van der Waals surface area (Å²) < 4.78 is 0. The Labute approximate surface area is 103 Å². The Balaban J connectivity index is 2.06. The Kier molecular flexibility index (Phi) is 3.82. The van der Waals surface area contributed by atoms with E-state index < -0.39 is 5.60 Å². The summed E-state index contributed by atoms with van der Waals surface area (Å²) in [6.07, 6.45) is 1.60. The summed E-state index contributed by atoms with van der Waals surface area (Å²) in [5, 5.41) is 10.7. The number of aryl methyl sites for hydroxylation is 1. The van der Waals surface area contributed by atoms with E-state index in [4.69, 9.17) is 5.73 Å². The van der Waals surface area contributed by atoms with E-state index in [0.717, 1.165) is 38.0 Å². The molecule has 0 unspecified atom stereocenters. The van der Waals surface area contributed by atoms with Crippen LogP contribution in [0.4, 0.5) is 0 Å². The minimum absolute atomic E-state index is 0.642. The third-order valence-corrected chi connectivity index (χ3v) is 3.68. The summed E-state index contributed by atoms with van der Waals surface area (Å²) in [6, 6.07) is 8.22. The van der Waals surface area contributed by atoms with Gasteiger partial charge in [-0.15, -0.1) is 0 Å². The molecule has 0 saturated carbocycles. The van der Waals surface area contributed by atoms with Gasteiger partial charge in [-0.05, 0) is 25.3 Å². The standard InChI is InChI=1S/C14H22N2O/c1-12-3-2-4-13(11-12)14(17)5-8-16(9-6-14)10-7-15/h2-4,11,17H,5-10,15H2,1H3. The molecule has 0 radical (unpaired) electrons. The number of benzene rings is 1. The van der Waals surface area contributed by atoms with Crippen molar-refractivity contribution in [3.63, 3.8) is 0 Å². The lowest BCUT2D eigenvalue weighted by Gasteiger charge is -2.38. The summed E-state index contributed by atoms with van der Waals surface area (Å²) in [4.78, 5) is 2.32. The number of rotatable bonds is 3. The average Bonchev–Trinajstić information content (AvgIpc) is 2.33. The molecule has 0 spiro atoms. The van der Waals surface area contributed by atoms with Crippen molar-refractivity contribution < 1.29 is 5.11 Å². The van der Waals surface area contributed by atoms with Gasteiger partial charge >= 0.3 is 0 Å². The highest BCUT2D eigenvalue weighted by atomic mass is 16.3. The molecule has 1 heterocycles. The minimum Gasteiger partial charge on any atom is -0.385 e. The molecule has 0 bridgehead atoms. The Hall–Kier alpha value is -0.900. The number of likely N-dealkylation sites (tertiary alicyclic amines) is 1. The van der Waals surface area contributed by atoms with Gasteiger partial charge in [-0.1, -0.05) is 29.8 Å². The van der Waals surface area contributed by atoms with Crippen LogP contribution in [0.5, 0.6) is 0 Å². The molecule has 0 aromatic heterocycles. The average molecular weight is 234 g/mol. The van der Waals surface area contributed by atoms with Crippen molar-refractivity contribution in [3.8, 4) is 0 Å². The first kappa shape index (κ1) is 12.6. The fraction of sp³-hybridized carbons (Fsp3) is 0.571. The van der Waals surface area contributed by atoms with Crippen molar-refractivity contribution >= 4 is 0 Å². The van der Waals surface area contributed by atoms with E-state index in [2.05, 4.69) is 24.0 Å². The van der Waals surface area contributed by atoms with Gasteiger partial charge in [0.2, 0.25) is 0 Å². The summed E-state index contributed by atoms with van der Waals surface area (Å²) in [6.45, 7) is 5.56. The zero-order valence-corrected chi connectivity index (χ0v) is 10.5. The second-order valence-electron chi connectivity index (χ2n) is 5.03. The van der Waals surface area contributed by atoms with Crippen LogP contribution in [0.3, 0.4) is 0 Å². The van der Waals surface area contributed by atoms with Crippen LogP contribution < -0.4 is 5.73 Å². The number of piperidine rings is 1. The fourth-order valence-electron chi connectivity index (χ4n) is 2.55. The first-order valence-corrected chi connectivity index (χ1v) is 6.36. The zero-order chi connectivity index (χ0) is 12.3. The predicted octanol–water partition coefficient (Wildman–Crippen LogP) is 1.24. The van der Waals surface area contributed by atoms with E-state index >= 15 is 0 Å². The van der Waals surface area contributed by atoms with Crippen molar-refractivity contribution in [2.75, 3.05) is 26.2 Å². The molecule has 94 valence electrons. The molecule has 17 heavy (non-hydrogen) atoms. The lowest BCUT2D eigenvalue weighted by molar-refractivity contribution is -0.0252. The number of nitrogens with two attached hydrogens (primary N) is 1. The van der Waals surface area contributed by atoms with E-state index in [9.17, 15) is 5.11 Å². The van der Waals surface area contributed by atoms with E-state index in [1.165, 1.54) is 5.56 Å². The van der Waals surface area contributed by atoms with E-state index in [1.54, 1.807) is 0 Å². The van der Waals surface area contributed by atoms with Crippen molar-refractivity contribution in [2.45, 2.75) is 25.4 Å². The number of hydrogen-bond acceptors (Lipinski definition) is 3. The predicted molar refractivity (Wildman–Crippen MR) is 69.8 cm³/mol. The van der Waals surface area contributed by atoms with Crippen LogP contribution in [0.2, 0.25) is 0 Å². The second-order valence-corrected chi connectivity index (χ2v) is 5.03. The van der Waals surface area contributed by atoms with Crippen LogP contribution in [0.15, 0.2) is 24.3 Å². The van der Waals surface area contributed by atoms with E-state index in [-0.39, 0.29) is 0 Å². The van der Waals surface area contributed by atoms with Crippen molar-refractivity contribution in [3.05, 3.63) is 35.4 Å². The molecule has 3 N–H and O–H groups in total. The number of nitrogens with zero attached hydrogens (tertiary/aromatic N) is 1. The van der Waals surface area contributed by atoms with Gasteiger partial charge in [0.05, 0.1) is 5.60 Å². The smallest absolute Gasteiger partial charge is 0.0921 e. The molecule has 0 amide bonds. The van der Waals surface area contributed by atoms with Gasteiger partial charge in [-0.3, -0.25) is 0 Å². The maximum Gasteiger partial charge on any atom is 0.0921 e. The Morgan fingerprint density at radius 3 is 2.65 bits per heavy atom. The first-order chi connectivity index (χ1) is 8.14. The topological polar surface area (TPSA) is 49.5 Å². The molecule has 3 nitrogen and oxygen atoms in total. The highest BCUT2D eigenvalue weighted by Crippen LogP contribution is 2.32. The molecule has 2 rings (SSSR count). The van der Waals surface area contributed by atoms with Gasteiger partial charge in [0.1, 0.15) is 0 Å². The minimum atomic E-state index is -0.642. The third-order valence-electron chi connectivity index (χ3n) is 3.68. The van der Waals surface area contributed by atoms with Gasteiger partial charge in [-0.2, -0.15) is 0 Å². The van der Waals surface area contributed by atoms with Gasteiger partial charge in [0.25, 0.3) is 0 Å². The van der Waals surface area contributed by atoms with Crippen molar-refractivity contribution in [2.24, 2.45) is 5.73 Å². The van der Waals surface area contributed by atoms with Gasteiger partial charge in [0, 0.05) is 26.2 Å². The molecule has 1 aliphatic rings. The summed E-state index contributed by atoms with van der Waals surface area (Å²) in [7, 11) is 0. The first-order valence-electron chi connectivity index (χ1n) is 6.36. The fourth-order valence-corrected chi connectivity index (χ4v) is 2.55. The molecule has 0 atom stereocenters. The largest absolute Gasteiger partial charge is 0.385 e. The van der Waals surface area contributed by atoms with Crippen LogP contribution >= 0.6 is 0 Å². The maximum atomic E-state index is 10.7. The quantitative estimate of drug-likeness (QED) is 0.827. The Morgan fingerprint density at radius 2 is 2.06 bits per heavy atom. The number of aliphatic hydroxyl groups is 1. The number of hydrogen-bond donors (Lipinski definition) is 2. The van der Waals surface area contributed by atoms with Crippen LogP contribution in [0.1, 0.15) is 24.0 Å². The molecule has 1 fully saturated rings. The van der Waals surface area contributed by atoms with Crippen molar-refractivity contribution in [1.82, 2.24) is 4.90 Å². The molecule has 1 saturated heterocycles. The van der Waals surface area contributed by atoms with E-state index in [1.807, 2.05) is 12.1 Å². The normalized spacial score (nSPS) is 20.4.